The smallest absolute Gasteiger partial charge is 0.244 e. The van der Waals surface area contributed by atoms with Gasteiger partial charge in [0.1, 0.15) is 10.7 Å². The Kier molecular flexibility index (Phi) is 5.61. The summed E-state index contributed by atoms with van der Waals surface area (Å²) in [5, 5.41) is 0.707. The van der Waals surface area contributed by atoms with Crippen molar-refractivity contribution < 1.29 is 8.42 Å². The van der Waals surface area contributed by atoms with E-state index in [0.29, 0.717) is 30.5 Å². The fourth-order valence-electron chi connectivity index (χ4n) is 2.97. The zero-order valence-corrected chi connectivity index (χ0v) is 15.8. The Balaban J connectivity index is 1.74. The average Bonchev–Trinajstić information content (AvgIpc) is 2.64. The van der Waals surface area contributed by atoms with Crippen LogP contribution in [0.4, 0.5) is 5.82 Å². The maximum atomic E-state index is 12.7. The zero-order chi connectivity index (χ0) is 17.9. The van der Waals surface area contributed by atoms with E-state index in [4.69, 9.17) is 11.6 Å². The third kappa shape index (κ3) is 4.14. The first-order chi connectivity index (χ1) is 12.0. The highest BCUT2D eigenvalue weighted by atomic mass is 35.5. The Bertz CT molecular complexity index is 818. The van der Waals surface area contributed by atoms with Crippen molar-refractivity contribution >= 4 is 27.4 Å². The molecule has 3 rings (SSSR count). The maximum Gasteiger partial charge on any atom is 0.244 e. The molecule has 1 aliphatic heterocycles. The molecule has 1 aromatic carbocycles. The molecule has 0 unspecified atom stereocenters. The van der Waals surface area contributed by atoms with E-state index in [1.54, 1.807) is 16.4 Å². The molecular formula is C18H22ClN3O2S. The molecule has 1 fully saturated rings. The number of rotatable bonds is 5. The van der Waals surface area contributed by atoms with Gasteiger partial charge in [-0.05, 0) is 36.6 Å². The summed E-state index contributed by atoms with van der Waals surface area (Å²) in [4.78, 5) is 6.54. The molecule has 0 amide bonds. The Labute approximate surface area is 154 Å². The molecule has 0 aliphatic carbocycles. The van der Waals surface area contributed by atoms with Crippen LogP contribution in [0, 0.1) is 0 Å². The zero-order valence-electron chi connectivity index (χ0n) is 14.2. The van der Waals surface area contributed by atoms with E-state index in [1.165, 1.54) is 6.20 Å². The van der Waals surface area contributed by atoms with Crippen LogP contribution >= 0.6 is 11.6 Å². The summed E-state index contributed by atoms with van der Waals surface area (Å²) in [5.74, 6) is 0.706. The van der Waals surface area contributed by atoms with E-state index < -0.39 is 10.0 Å². The minimum Gasteiger partial charge on any atom is -0.355 e. The SMILES string of the molecule is CN(Cc1ccccc1Cl)c1ccc(S(=O)(=O)N2CCCCC2)cn1. The molecule has 0 spiro atoms. The van der Waals surface area contributed by atoms with Crippen LogP contribution in [0.5, 0.6) is 0 Å². The summed E-state index contributed by atoms with van der Waals surface area (Å²) in [6, 6.07) is 11.0. The summed E-state index contributed by atoms with van der Waals surface area (Å²) in [7, 11) is -1.53. The second-order valence-corrected chi connectivity index (χ2v) is 8.61. The van der Waals surface area contributed by atoms with Crippen LogP contribution in [0.15, 0.2) is 47.5 Å². The van der Waals surface area contributed by atoms with Crippen molar-refractivity contribution in [1.82, 2.24) is 9.29 Å². The highest BCUT2D eigenvalue weighted by molar-refractivity contribution is 7.89. The minimum atomic E-state index is -3.44. The number of anilines is 1. The Morgan fingerprint density at radius 3 is 2.48 bits per heavy atom. The number of nitrogens with zero attached hydrogens (tertiary/aromatic N) is 3. The molecule has 0 atom stereocenters. The molecule has 2 aromatic rings. The van der Waals surface area contributed by atoms with Crippen LogP contribution in [-0.2, 0) is 16.6 Å². The van der Waals surface area contributed by atoms with Gasteiger partial charge in [-0.2, -0.15) is 4.31 Å². The van der Waals surface area contributed by atoms with Gasteiger partial charge in [-0.1, -0.05) is 36.2 Å². The van der Waals surface area contributed by atoms with Gasteiger partial charge >= 0.3 is 0 Å². The number of piperidine rings is 1. The lowest BCUT2D eigenvalue weighted by molar-refractivity contribution is 0.346. The van der Waals surface area contributed by atoms with Crippen LogP contribution in [0.2, 0.25) is 5.02 Å². The van der Waals surface area contributed by atoms with Gasteiger partial charge in [0.15, 0.2) is 0 Å². The molecule has 2 heterocycles. The number of hydrogen-bond acceptors (Lipinski definition) is 4. The molecule has 1 saturated heterocycles. The number of pyridine rings is 1. The number of aromatic nitrogens is 1. The van der Waals surface area contributed by atoms with Crippen molar-refractivity contribution in [2.75, 3.05) is 25.0 Å². The van der Waals surface area contributed by atoms with Gasteiger partial charge in [-0.25, -0.2) is 13.4 Å². The predicted octanol–water partition coefficient (Wildman–Crippen LogP) is 3.55. The van der Waals surface area contributed by atoms with Crippen LogP contribution in [0.25, 0.3) is 0 Å². The second-order valence-electron chi connectivity index (χ2n) is 6.26. The molecule has 0 radical (unpaired) electrons. The van der Waals surface area contributed by atoms with Crippen LogP contribution in [0.3, 0.4) is 0 Å². The quantitative estimate of drug-likeness (QED) is 0.797. The fourth-order valence-corrected chi connectivity index (χ4v) is 4.63. The lowest BCUT2D eigenvalue weighted by Gasteiger charge is -2.26. The number of hydrogen-bond donors (Lipinski definition) is 0. The standard InChI is InChI=1S/C18H22ClN3O2S/c1-21(14-15-7-3-4-8-17(15)19)18-10-9-16(13-20-18)25(23,24)22-11-5-2-6-12-22/h3-4,7-10,13H,2,5-6,11-12,14H2,1H3. The number of benzene rings is 1. The van der Waals surface area contributed by atoms with Gasteiger partial charge in [0.25, 0.3) is 0 Å². The van der Waals surface area contributed by atoms with E-state index >= 15 is 0 Å². The van der Waals surface area contributed by atoms with Crippen molar-refractivity contribution in [3.8, 4) is 0 Å². The van der Waals surface area contributed by atoms with Gasteiger partial charge in [-0.3, -0.25) is 0 Å². The Morgan fingerprint density at radius 2 is 1.84 bits per heavy atom. The van der Waals surface area contributed by atoms with Gasteiger partial charge in [0, 0.05) is 37.9 Å². The summed E-state index contributed by atoms with van der Waals surface area (Å²) in [6.07, 6.45) is 4.38. The van der Waals surface area contributed by atoms with Crippen molar-refractivity contribution in [3.05, 3.63) is 53.2 Å². The topological polar surface area (TPSA) is 53.5 Å². The normalized spacial score (nSPS) is 15.9. The van der Waals surface area contributed by atoms with Gasteiger partial charge in [-0.15, -0.1) is 0 Å². The molecule has 1 aromatic heterocycles. The summed E-state index contributed by atoms with van der Waals surface area (Å²) in [6.45, 7) is 1.79. The van der Waals surface area contributed by atoms with E-state index in [0.717, 1.165) is 24.8 Å². The largest absolute Gasteiger partial charge is 0.355 e. The van der Waals surface area contributed by atoms with Crippen molar-refractivity contribution in [2.45, 2.75) is 30.7 Å². The third-order valence-corrected chi connectivity index (χ3v) is 6.68. The Morgan fingerprint density at radius 1 is 1.12 bits per heavy atom. The van der Waals surface area contributed by atoms with E-state index in [2.05, 4.69) is 4.98 Å². The monoisotopic (exact) mass is 379 g/mol. The van der Waals surface area contributed by atoms with Crippen molar-refractivity contribution in [3.63, 3.8) is 0 Å². The van der Waals surface area contributed by atoms with Crippen molar-refractivity contribution in [2.24, 2.45) is 0 Å². The van der Waals surface area contributed by atoms with Crippen LogP contribution < -0.4 is 4.90 Å². The molecule has 1 aliphatic rings. The third-order valence-electron chi connectivity index (χ3n) is 4.43. The second kappa shape index (κ2) is 7.72. The van der Waals surface area contributed by atoms with E-state index in [9.17, 15) is 8.42 Å². The van der Waals surface area contributed by atoms with E-state index in [-0.39, 0.29) is 4.90 Å². The first-order valence-corrected chi connectivity index (χ1v) is 10.2. The molecule has 25 heavy (non-hydrogen) atoms. The summed E-state index contributed by atoms with van der Waals surface area (Å²) >= 11 is 6.19. The van der Waals surface area contributed by atoms with Gasteiger partial charge in [0.2, 0.25) is 10.0 Å². The van der Waals surface area contributed by atoms with Crippen LogP contribution in [0.1, 0.15) is 24.8 Å². The number of halogens is 1. The molecule has 7 heteroatoms. The summed E-state index contributed by atoms with van der Waals surface area (Å²) < 4.78 is 26.9. The van der Waals surface area contributed by atoms with E-state index in [1.807, 2.05) is 36.2 Å². The first-order valence-electron chi connectivity index (χ1n) is 8.39. The lowest BCUT2D eigenvalue weighted by atomic mass is 10.2. The average molecular weight is 380 g/mol. The lowest BCUT2D eigenvalue weighted by Crippen LogP contribution is -2.35. The highest BCUT2D eigenvalue weighted by Crippen LogP contribution is 2.23. The summed E-state index contributed by atoms with van der Waals surface area (Å²) in [5.41, 5.74) is 0.999. The Hall–Kier alpha value is -1.63. The molecule has 0 N–H and O–H groups in total. The number of sulfonamides is 1. The van der Waals surface area contributed by atoms with Gasteiger partial charge < -0.3 is 4.90 Å². The predicted molar refractivity (Wildman–Crippen MR) is 100 cm³/mol. The minimum absolute atomic E-state index is 0.254. The maximum absolute atomic E-state index is 12.7. The molecule has 0 bridgehead atoms. The van der Waals surface area contributed by atoms with Gasteiger partial charge in [0.05, 0.1) is 0 Å². The molecule has 0 saturated carbocycles. The first kappa shape index (κ1) is 18.2. The molecule has 5 nitrogen and oxygen atoms in total. The fraction of sp³-hybridized carbons (Fsp3) is 0.389. The van der Waals surface area contributed by atoms with Crippen molar-refractivity contribution in [1.29, 1.82) is 0 Å². The van der Waals surface area contributed by atoms with Crippen LogP contribution in [-0.4, -0.2) is 37.8 Å². The molecular weight excluding hydrogens is 358 g/mol. The highest BCUT2D eigenvalue weighted by Gasteiger charge is 2.26. The molecule has 134 valence electrons.